The maximum absolute atomic E-state index is 5.99. The Morgan fingerprint density at radius 1 is 1.28 bits per heavy atom. The molecular weight excluding hydrogens is 224 g/mol. The summed E-state index contributed by atoms with van der Waals surface area (Å²) in [6.07, 6.45) is 8.27. The van der Waals surface area contributed by atoms with E-state index in [9.17, 15) is 0 Å². The molecule has 2 heterocycles. The van der Waals surface area contributed by atoms with Crippen LogP contribution < -0.4 is 5.32 Å². The van der Waals surface area contributed by atoms with Gasteiger partial charge in [0.05, 0.1) is 12.7 Å². The molecule has 2 saturated heterocycles. The van der Waals surface area contributed by atoms with Crippen LogP contribution in [0.4, 0.5) is 0 Å². The number of nitrogens with one attached hydrogen (secondary N) is 1. The second-order valence-electron chi connectivity index (χ2n) is 5.93. The van der Waals surface area contributed by atoms with Gasteiger partial charge in [-0.25, -0.2) is 0 Å². The highest BCUT2D eigenvalue weighted by Crippen LogP contribution is 2.22. The molecule has 2 unspecified atom stereocenters. The molecule has 2 aliphatic rings. The van der Waals surface area contributed by atoms with Crippen LogP contribution in [-0.4, -0.2) is 49.3 Å². The van der Waals surface area contributed by atoms with Gasteiger partial charge >= 0.3 is 0 Å². The zero-order valence-electron chi connectivity index (χ0n) is 12.2. The van der Waals surface area contributed by atoms with Crippen LogP contribution in [-0.2, 0) is 4.74 Å². The molecule has 0 aromatic rings. The normalized spacial score (nSPS) is 28.8. The topological polar surface area (TPSA) is 24.5 Å². The molecule has 0 aliphatic carbocycles. The fourth-order valence-electron chi connectivity index (χ4n) is 3.35. The molecule has 0 bridgehead atoms. The van der Waals surface area contributed by atoms with Gasteiger partial charge < -0.3 is 10.1 Å². The average Bonchev–Trinajstić information content (AvgIpc) is 2.84. The summed E-state index contributed by atoms with van der Waals surface area (Å²) < 4.78 is 5.99. The van der Waals surface area contributed by atoms with Gasteiger partial charge in [0, 0.05) is 25.2 Å². The molecule has 2 rings (SSSR count). The van der Waals surface area contributed by atoms with Gasteiger partial charge in [-0.2, -0.15) is 0 Å². The van der Waals surface area contributed by atoms with E-state index in [2.05, 4.69) is 24.1 Å². The summed E-state index contributed by atoms with van der Waals surface area (Å²) in [5, 5.41) is 3.72. The minimum atomic E-state index is 0.413. The predicted molar refractivity (Wildman–Crippen MR) is 75.9 cm³/mol. The lowest BCUT2D eigenvalue weighted by molar-refractivity contribution is -0.0480. The Hall–Kier alpha value is -0.120. The van der Waals surface area contributed by atoms with E-state index in [0.29, 0.717) is 12.1 Å². The van der Waals surface area contributed by atoms with E-state index in [1.165, 1.54) is 45.1 Å². The summed E-state index contributed by atoms with van der Waals surface area (Å²) in [5.74, 6) is 0. The van der Waals surface area contributed by atoms with E-state index in [1.54, 1.807) is 0 Å². The summed E-state index contributed by atoms with van der Waals surface area (Å²) in [4.78, 5) is 2.63. The van der Waals surface area contributed by atoms with Crippen LogP contribution in [0.25, 0.3) is 0 Å². The fraction of sp³-hybridized carbons (Fsp3) is 1.00. The van der Waals surface area contributed by atoms with Crippen molar-refractivity contribution in [1.82, 2.24) is 10.2 Å². The molecule has 2 aliphatic heterocycles. The molecule has 0 aromatic carbocycles. The van der Waals surface area contributed by atoms with Gasteiger partial charge in [0.1, 0.15) is 0 Å². The van der Waals surface area contributed by atoms with Gasteiger partial charge in [-0.05, 0) is 32.2 Å². The highest BCUT2D eigenvalue weighted by atomic mass is 16.5. The molecule has 0 saturated carbocycles. The third kappa shape index (κ3) is 3.94. The molecular formula is C15H30N2O. The maximum Gasteiger partial charge on any atom is 0.0827 e. The average molecular weight is 254 g/mol. The number of nitrogens with zero attached hydrogens (tertiary/aromatic N) is 1. The highest BCUT2D eigenvalue weighted by Gasteiger charge is 2.32. The fourth-order valence-corrected chi connectivity index (χ4v) is 3.35. The monoisotopic (exact) mass is 254 g/mol. The van der Waals surface area contributed by atoms with Crippen LogP contribution >= 0.6 is 0 Å². The molecule has 18 heavy (non-hydrogen) atoms. The summed E-state index contributed by atoms with van der Waals surface area (Å²) in [6.45, 7) is 8.97. The number of morpholine rings is 1. The molecule has 2 fully saturated rings. The first-order chi connectivity index (χ1) is 8.83. The van der Waals surface area contributed by atoms with Crippen molar-refractivity contribution in [3.05, 3.63) is 0 Å². The van der Waals surface area contributed by atoms with Gasteiger partial charge in [0.25, 0.3) is 0 Å². The van der Waals surface area contributed by atoms with Crippen LogP contribution in [0.5, 0.6) is 0 Å². The van der Waals surface area contributed by atoms with Gasteiger partial charge in [-0.15, -0.1) is 0 Å². The van der Waals surface area contributed by atoms with Gasteiger partial charge in [-0.3, -0.25) is 4.90 Å². The summed E-state index contributed by atoms with van der Waals surface area (Å²) in [7, 11) is 0. The Balaban J connectivity index is 1.69. The quantitative estimate of drug-likeness (QED) is 0.755. The van der Waals surface area contributed by atoms with Crippen molar-refractivity contribution in [2.45, 2.75) is 70.6 Å². The Morgan fingerprint density at radius 3 is 2.78 bits per heavy atom. The number of hydrogen-bond acceptors (Lipinski definition) is 3. The first-order valence-corrected chi connectivity index (χ1v) is 7.92. The second-order valence-corrected chi connectivity index (χ2v) is 5.93. The Kier molecular flexibility index (Phi) is 5.93. The Morgan fingerprint density at radius 2 is 2.06 bits per heavy atom. The number of hydrogen-bond donors (Lipinski definition) is 1. The van der Waals surface area contributed by atoms with Gasteiger partial charge in [0.2, 0.25) is 0 Å². The smallest absolute Gasteiger partial charge is 0.0827 e. The summed E-state index contributed by atoms with van der Waals surface area (Å²) in [6, 6.07) is 1.42. The van der Waals surface area contributed by atoms with Crippen molar-refractivity contribution in [2.24, 2.45) is 0 Å². The largest absolute Gasteiger partial charge is 0.374 e. The lowest BCUT2D eigenvalue weighted by Gasteiger charge is -2.36. The molecule has 3 nitrogen and oxygen atoms in total. The molecule has 0 radical (unpaired) electrons. The molecule has 1 N–H and O–H groups in total. The minimum Gasteiger partial charge on any atom is -0.374 e. The van der Waals surface area contributed by atoms with Crippen LogP contribution in [0.1, 0.15) is 52.4 Å². The van der Waals surface area contributed by atoms with Crippen molar-refractivity contribution in [1.29, 1.82) is 0 Å². The van der Waals surface area contributed by atoms with E-state index in [4.69, 9.17) is 4.74 Å². The van der Waals surface area contributed by atoms with Crippen molar-refractivity contribution in [2.75, 3.05) is 26.2 Å². The lowest BCUT2D eigenvalue weighted by Crippen LogP contribution is -2.50. The van der Waals surface area contributed by atoms with Crippen LogP contribution in [0.2, 0.25) is 0 Å². The molecule has 2 atom stereocenters. The van der Waals surface area contributed by atoms with E-state index >= 15 is 0 Å². The van der Waals surface area contributed by atoms with Crippen molar-refractivity contribution in [3.63, 3.8) is 0 Å². The highest BCUT2D eigenvalue weighted by molar-refractivity contribution is 4.86. The van der Waals surface area contributed by atoms with E-state index in [0.717, 1.165) is 25.7 Å². The number of rotatable bonds is 7. The third-order valence-electron chi connectivity index (χ3n) is 4.37. The molecule has 3 heteroatoms. The van der Waals surface area contributed by atoms with Gasteiger partial charge in [-0.1, -0.05) is 26.7 Å². The van der Waals surface area contributed by atoms with Gasteiger partial charge in [0.15, 0.2) is 0 Å². The Labute approximate surface area is 112 Å². The van der Waals surface area contributed by atoms with Crippen molar-refractivity contribution in [3.8, 4) is 0 Å². The minimum absolute atomic E-state index is 0.413. The third-order valence-corrected chi connectivity index (χ3v) is 4.37. The standard InChI is InChI=1S/C15H30N2O/c1-3-6-13(7-4-2)16-10-15-11-17-9-5-8-14(17)12-18-15/h13-16H,3-12H2,1-2H3. The number of ether oxygens (including phenoxy) is 1. The van der Waals surface area contributed by atoms with Crippen LogP contribution in [0.15, 0.2) is 0 Å². The molecule has 106 valence electrons. The predicted octanol–water partition coefficient (Wildman–Crippen LogP) is 2.41. The van der Waals surface area contributed by atoms with E-state index in [-0.39, 0.29) is 0 Å². The van der Waals surface area contributed by atoms with Crippen molar-refractivity contribution >= 4 is 0 Å². The SMILES string of the molecule is CCCC(CCC)NCC1CN2CCCC2CO1. The molecule has 0 spiro atoms. The summed E-state index contributed by atoms with van der Waals surface area (Å²) >= 11 is 0. The molecule has 0 aromatic heterocycles. The lowest BCUT2D eigenvalue weighted by atomic mass is 10.1. The zero-order valence-corrected chi connectivity index (χ0v) is 12.2. The molecule has 0 amide bonds. The zero-order chi connectivity index (χ0) is 12.8. The van der Waals surface area contributed by atoms with E-state index in [1.807, 2.05) is 0 Å². The number of fused-ring (bicyclic) bond motifs is 1. The summed E-state index contributed by atoms with van der Waals surface area (Å²) in [5.41, 5.74) is 0. The van der Waals surface area contributed by atoms with Crippen LogP contribution in [0, 0.1) is 0 Å². The maximum atomic E-state index is 5.99. The first kappa shape index (κ1) is 14.3. The Bertz CT molecular complexity index is 229. The van der Waals surface area contributed by atoms with Crippen LogP contribution in [0.3, 0.4) is 0 Å². The second kappa shape index (κ2) is 7.46. The first-order valence-electron chi connectivity index (χ1n) is 7.92. The van der Waals surface area contributed by atoms with E-state index < -0.39 is 0 Å². The van der Waals surface area contributed by atoms with Crippen molar-refractivity contribution < 1.29 is 4.74 Å².